The first-order valence-electron chi connectivity index (χ1n) is 3.47. The summed E-state index contributed by atoms with van der Waals surface area (Å²) in [4.78, 5) is 9.88. The first kappa shape index (κ1) is 6.59. The highest BCUT2D eigenvalue weighted by Gasteiger charge is 2.30. The minimum absolute atomic E-state index is 0.211. The Morgan fingerprint density at radius 1 is 1.78 bits per heavy atom. The van der Waals surface area contributed by atoms with Crippen molar-refractivity contribution in [3.63, 3.8) is 0 Å². The van der Waals surface area contributed by atoms with Crippen molar-refractivity contribution >= 4 is 6.47 Å². The predicted octanol–water partition coefficient (Wildman–Crippen LogP) is 1.35. The highest BCUT2D eigenvalue weighted by atomic mass is 16.5. The van der Waals surface area contributed by atoms with E-state index in [0.717, 1.165) is 6.42 Å². The molecule has 0 heterocycles. The average Bonchev–Trinajstić information content (AvgIpc) is 2.64. The van der Waals surface area contributed by atoms with Gasteiger partial charge in [-0.05, 0) is 25.2 Å². The molecule has 0 aliphatic heterocycles. The van der Waals surface area contributed by atoms with Crippen LogP contribution in [0.4, 0.5) is 0 Å². The molecular weight excluding hydrogens is 116 g/mol. The van der Waals surface area contributed by atoms with E-state index >= 15 is 0 Å². The van der Waals surface area contributed by atoms with Crippen LogP contribution in [0.2, 0.25) is 0 Å². The van der Waals surface area contributed by atoms with Crippen molar-refractivity contribution in [1.29, 1.82) is 0 Å². The molecule has 1 atom stereocenters. The summed E-state index contributed by atoms with van der Waals surface area (Å²) in [6, 6.07) is 0. The Kier molecular flexibility index (Phi) is 2.09. The largest absolute Gasteiger partial charge is 0.464 e. The minimum atomic E-state index is 0.211. The molecule has 0 bridgehead atoms. The molecule has 0 N–H and O–H groups in total. The Labute approximate surface area is 55.2 Å². The molecule has 0 aromatic heterocycles. The van der Waals surface area contributed by atoms with E-state index in [-0.39, 0.29) is 6.10 Å². The van der Waals surface area contributed by atoms with Crippen LogP contribution in [0, 0.1) is 5.92 Å². The number of hydrogen-bond acceptors (Lipinski definition) is 2. The molecule has 2 nitrogen and oxygen atoms in total. The molecule has 0 amide bonds. The van der Waals surface area contributed by atoms with Crippen molar-refractivity contribution < 1.29 is 9.53 Å². The monoisotopic (exact) mass is 128 g/mol. The lowest BCUT2D eigenvalue weighted by Gasteiger charge is -2.09. The van der Waals surface area contributed by atoms with Gasteiger partial charge in [-0.1, -0.05) is 6.92 Å². The van der Waals surface area contributed by atoms with E-state index in [0.29, 0.717) is 12.4 Å². The van der Waals surface area contributed by atoms with Crippen LogP contribution in [-0.2, 0) is 9.53 Å². The van der Waals surface area contributed by atoms with Gasteiger partial charge in [-0.25, -0.2) is 0 Å². The second-order valence-electron chi connectivity index (χ2n) is 2.52. The van der Waals surface area contributed by atoms with Crippen LogP contribution in [0.25, 0.3) is 0 Å². The van der Waals surface area contributed by atoms with Crippen LogP contribution in [0.1, 0.15) is 26.2 Å². The van der Waals surface area contributed by atoms with Gasteiger partial charge in [0.1, 0.15) is 6.10 Å². The van der Waals surface area contributed by atoms with E-state index in [1.807, 2.05) is 6.92 Å². The molecule has 9 heavy (non-hydrogen) atoms. The topological polar surface area (TPSA) is 26.3 Å². The van der Waals surface area contributed by atoms with Crippen molar-refractivity contribution in [2.24, 2.45) is 5.92 Å². The summed E-state index contributed by atoms with van der Waals surface area (Å²) in [6.45, 7) is 2.61. The van der Waals surface area contributed by atoms with Crippen molar-refractivity contribution in [3.05, 3.63) is 0 Å². The van der Waals surface area contributed by atoms with Crippen LogP contribution >= 0.6 is 0 Å². The zero-order valence-electron chi connectivity index (χ0n) is 5.67. The van der Waals surface area contributed by atoms with E-state index < -0.39 is 0 Å². The number of hydrogen-bond donors (Lipinski definition) is 0. The van der Waals surface area contributed by atoms with Gasteiger partial charge in [-0.3, -0.25) is 4.79 Å². The third-order valence-electron chi connectivity index (χ3n) is 1.78. The van der Waals surface area contributed by atoms with Crippen molar-refractivity contribution in [2.45, 2.75) is 32.3 Å². The fourth-order valence-corrected chi connectivity index (χ4v) is 1.08. The molecule has 1 aliphatic rings. The highest BCUT2D eigenvalue weighted by Crippen LogP contribution is 2.35. The summed E-state index contributed by atoms with van der Waals surface area (Å²) in [7, 11) is 0. The SMILES string of the molecule is CCC(OC=O)C1CC1. The van der Waals surface area contributed by atoms with E-state index in [2.05, 4.69) is 0 Å². The fourth-order valence-electron chi connectivity index (χ4n) is 1.08. The number of ether oxygens (including phenoxy) is 1. The molecule has 1 rings (SSSR count). The summed E-state index contributed by atoms with van der Waals surface area (Å²) in [5, 5.41) is 0. The van der Waals surface area contributed by atoms with Crippen LogP contribution in [0.5, 0.6) is 0 Å². The van der Waals surface area contributed by atoms with Crippen molar-refractivity contribution in [1.82, 2.24) is 0 Å². The smallest absolute Gasteiger partial charge is 0.293 e. The standard InChI is InChI=1S/C7H12O2/c1-2-7(9-5-8)6-3-4-6/h5-7H,2-4H2,1H3. The Bertz CT molecular complexity index is 97.1. The van der Waals surface area contributed by atoms with Gasteiger partial charge >= 0.3 is 0 Å². The molecule has 0 spiro atoms. The Morgan fingerprint density at radius 3 is 2.78 bits per heavy atom. The minimum Gasteiger partial charge on any atom is -0.464 e. The zero-order valence-corrected chi connectivity index (χ0v) is 5.67. The zero-order chi connectivity index (χ0) is 6.69. The second-order valence-corrected chi connectivity index (χ2v) is 2.52. The predicted molar refractivity (Wildman–Crippen MR) is 34.0 cm³/mol. The van der Waals surface area contributed by atoms with Gasteiger partial charge in [0.05, 0.1) is 0 Å². The summed E-state index contributed by atoms with van der Waals surface area (Å²) in [6.07, 6.45) is 3.66. The van der Waals surface area contributed by atoms with Crippen LogP contribution in [-0.4, -0.2) is 12.6 Å². The third kappa shape index (κ3) is 1.70. The Balaban J connectivity index is 2.20. The van der Waals surface area contributed by atoms with Gasteiger partial charge in [-0.15, -0.1) is 0 Å². The summed E-state index contributed by atoms with van der Waals surface area (Å²) in [5.74, 6) is 0.681. The quantitative estimate of drug-likeness (QED) is 0.534. The van der Waals surface area contributed by atoms with Gasteiger partial charge in [0, 0.05) is 0 Å². The van der Waals surface area contributed by atoms with Gasteiger partial charge in [-0.2, -0.15) is 0 Å². The Morgan fingerprint density at radius 2 is 2.44 bits per heavy atom. The van der Waals surface area contributed by atoms with Gasteiger partial charge < -0.3 is 4.74 Å². The van der Waals surface area contributed by atoms with E-state index in [1.165, 1.54) is 12.8 Å². The molecule has 0 aromatic carbocycles. The first-order chi connectivity index (χ1) is 4.38. The maximum Gasteiger partial charge on any atom is 0.293 e. The van der Waals surface area contributed by atoms with Crippen molar-refractivity contribution in [3.8, 4) is 0 Å². The summed E-state index contributed by atoms with van der Waals surface area (Å²) in [5.41, 5.74) is 0. The van der Waals surface area contributed by atoms with Crippen LogP contribution < -0.4 is 0 Å². The molecule has 1 saturated carbocycles. The maximum absolute atomic E-state index is 9.88. The molecular formula is C7H12O2. The lowest BCUT2D eigenvalue weighted by molar-refractivity contribution is -0.134. The highest BCUT2D eigenvalue weighted by molar-refractivity contribution is 5.37. The number of carbonyl (C=O) groups is 1. The molecule has 0 aromatic rings. The number of rotatable bonds is 4. The molecule has 1 unspecified atom stereocenters. The van der Waals surface area contributed by atoms with E-state index in [4.69, 9.17) is 4.74 Å². The fraction of sp³-hybridized carbons (Fsp3) is 0.857. The average molecular weight is 128 g/mol. The van der Waals surface area contributed by atoms with E-state index in [9.17, 15) is 4.79 Å². The third-order valence-corrected chi connectivity index (χ3v) is 1.78. The molecule has 0 radical (unpaired) electrons. The second kappa shape index (κ2) is 2.85. The van der Waals surface area contributed by atoms with Gasteiger partial charge in [0.25, 0.3) is 6.47 Å². The summed E-state index contributed by atoms with van der Waals surface area (Å²) >= 11 is 0. The molecule has 1 aliphatic carbocycles. The molecule has 2 heteroatoms. The number of carbonyl (C=O) groups excluding carboxylic acids is 1. The van der Waals surface area contributed by atoms with Crippen LogP contribution in [0.15, 0.2) is 0 Å². The van der Waals surface area contributed by atoms with E-state index in [1.54, 1.807) is 0 Å². The van der Waals surface area contributed by atoms with Gasteiger partial charge in [0.2, 0.25) is 0 Å². The lowest BCUT2D eigenvalue weighted by Crippen LogP contribution is -2.12. The molecule has 52 valence electrons. The summed E-state index contributed by atoms with van der Waals surface area (Å²) < 4.78 is 4.83. The normalized spacial score (nSPS) is 21.0. The Hall–Kier alpha value is -0.530. The lowest BCUT2D eigenvalue weighted by atomic mass is 10.2. The molecule has 0 saturated heterocycles. The van der Waals surface area contributed by atoms with Crippen LogP contribution in [0.3, 0.4) is 0 Å². The maximum atomic E-state index is 9.88. The first-order valence-corrected chi connectivity index (χ1v) is 3.47. The van der Waals surface area contributed by atoms with Gasteiger partial charge in [0.15, 0.2) is 0 Å². The molecule has 1 fully saturated rings. The van der Waals surface area contributed by atoms with Crippen molar-refractivity contribution in [2.75, 3.05) is 0 Å².